The molecule has 1 atom stereocenters. The standard InChI is InChI=1S/C50H91N5O16/c1-42(2)18-16-14-12-10-8-6-4-5-7-9-11-13-15-17-19-46(58)55-44(50(62)63)20-21-45(57)51-22-26-64-31-35-69-39-48(60)53-24-28-66-33-37-71-41-49(61)54-25-29-67-32-36-70-40-47(59)52-23-27-65-30-34-68-38-43(3)56/h44H,1,4-41H2,2-3H3,(H,51,57)(H,52,59)(H,53,60)(H,54,61)(H,55,58)(H,62,63). The maximum absolute atomic E-state index is 12.4. The molecule has 0 bridgehead atoms. The van der Waals surface area contributed by atoms with Gasteiger partial charge in [-0.05, 0) is 39.5 Å². The molecule has 412 valence electrons. The van der Waals surface area contributed by atoms with Crippen molar-refractivity contribution in [3.8, 4) is 0 Å². The summed E-state index contributed by atoms with van der Waals surface area (Å²) >= 11 is 0. The molecule has 6 N–H and O–H groups in total. The summed E-state index contributed by atoms with van der Waals surface area (Å²) in [5.74, 6) is -2.83. The van der Waals surface area contributed by atoms with Crippen LogP contribution in [0.5, 0.6) is 0 Å². The number of hydrogen-bond acceptors (Lipinski definition) is 15. The van der Waals surface area contributed by atoms with Crippen LogP contribution in [0.15, 0.2) is 12.2 Å². The third kappa shape index (κ3) is 52.1. The fraction of sp³-hybridized carbons (Fsp3) is 0.820. The van der Waals surface area contributed by atoms with Crippen LogP contribution in [0.2, 0.25) is 0 Å². The first-order chi connectivity index (χ1) is 34.4. The molecule has 0 aromatic carbocycles. The third-order valence-corrected chi connectivity index (χ3v) is 10.3. The number of carboxylic acid groups (broad SMARTS) is 1. The van der Waals surface area contributed by atoms with E-state index in [1.54, 1.807) is 0 Å². The van der Waals surface area contributed by atoms with Crippen molar-refractivity contribution in [2.45, 2.75) is 135 Å². The average Bonchev–Trinajstić information content (AvgIpc) is 3.33. The Labute approximate surface area is 423 Å². The lowest BCUT2D eigenvalue weighted by Gasteiger charge is -2.14. The van der Waals surface area contributed by atoms with Gasteiger partial charge in [0.25, 0.3) is 0 Å². The van der Waals surface area contributed by atoms with Gasteiger partial charge in [-0.15, -0.1) is 6.58 Å². The molecule has 0 saturated heterocycles. The molecular formula is C50H91N5O16. The zero-order valence-electron chi connectivity index (χ0n) is 43.2. The van der Waals surface area contributed by atoms with Gasteiger partial charge in [0.1, 0.15) is 32.5 Å². The number of carboxylic acids is 1. The van der Waals surface area contributed by atoms with Gasteiger partial charge in [-0.3, -0.25) is 28.8 Å². The molecule has 0 aliphatic heterocycles. The summed E-state index contributed by atoms with van der Waals surface area (Å²) in [7, 11) is 0. The highest BCUT2D eigenvalue weighted by Crippen LogP contribution is 2.14. The summed E-state index contributed by atoms with van der Waals surface area (Å²) in [5.41, 5.74) is 1.28. The second kappa shape index (κ2) is 50.8. The summed E-state index contributed by atoms with van der Waals surface area (Å²) in [4.78, 5) is 82.6. The second-order valence-electron chi connectivity index (χ2n) is 17.2. The van der Waals surface area contributed by atoms with E-state index < -0.39 is 12.0 Å². The van der Waals surface area contributed by atoms with Crippen LogP contribution in [0.1, 0.15) is 129 Å². The number of allylic oxidation sites excluding steroid dienone is 1. The SMILES string of the molecule is C=C(C)CCCCCCCCCCCCCCCCC(=O)NC(CCC(=O)NCCOCCOCC(=O)NCCOCCOCC(=O)NCCOCCOCC(=O)NCCOCCOCC(C)=O)C(=O)O. The van der Waals surface area contributed by atoms with Crippen LogP contribution in [-0.4, -0.2) is 184 Å². The number of ether oxygens (including phenoxy) is 8. The lowest BCUT2D eigenvalue weighted by atomic mass is 10.0. The summed E-state index contributed by atoms with van der Waals surface area (Å²) in [5, 5.41) is 22.7. The topological polar surface area (TPSA) is 274 Å². The van der Waals surface area contributed by atoms with Gasteiger partial charge < -0.3 is 69.6 Å². The van der Waals surface area contributed by atoms with Gasteiger partial charge in [-0.25, -0.2) is 4.79 Å². The molecule has 0 aromatic heterocycles. The molecule has 0 fully saturated rings. The van der Waals surface area contributed by atoms with Crippen molar-refractivity contribution in [2.75, 3.05) is 132 Å². The van der Waals surface area contributed by atoms with Crippen LogP contribution in [0.25, 0.3) is 0 Å². The lowest BCUT2D eigenvalue weighted by Crippen LogP contribution is -2.41. The highest BCUT2D eigenvalue weighted by atomic mass is 16.5. The Kier molecular flexibility index (Phi) is 47.9. The Morgan fingerprint density at radius 1 is 0.380 bits per heavy atom. The fourth-order valence-corrected chi connectivity index (χ4v) is 6.52. The van der Waals surface area contributed by atoms with Gasteiger partial charge in [0.15, 0.2) is 5.78 Å². The Balaban J connectivity index is 3.59. The highest BCUT2D eigenvalue weighted by Gasteiger charge is 2.21. The largest absolute Gasteiger partial charge is 0.480 e. The molecule has 0 heterocycles. The number of aliphatic carboxylic acids is 1. The number of carbonyl (C=O) groups is 7. The van der Waals surface area contributed by atoms with Crippen molar-refractivity contribution < 1.29 is 76.6 Å². The van der Waals surface area contributed by atoms with E-state index >= 15 is 0 Å². The minimum Gasteiger partial charge on any atom is -0.480 e. The van der Waals surface area contributed by atoms with E-state index in [0.29, 0.717) is 32.8 Å². The van der Waals surface area contributed by atoms with Crippen LogP contribution in [-0.2, 0) is 71.5 Å². The van der Waals surface area contributed by atoms with Gasteiger partial charge in [-0.2, -0.15) is 0 Å². The number of ketones is 1. The van der Waals surface area contributed by atoms with E-state index in [4.69, 9.17) is 37.9 Å². The van der Waals surface area contributed by atoms with E-state index in [1.165, 1.54) is 76.7 Å². The van der Waals surface area contributed by atoms with Crippen molar-refractivity contribution >= 4 is 41.3 Å². The van der Waals surface area contributed by atoms with Crippen molar-refractivity contribution in [1.29, 1.82) is 0 Å². The first-order valence-electron chi connectivity index (χ1n) is 25.7. The quantitative estimate of drug-likeness (QED) is 0.0377. The van der Waals surface area contributed by atoms with Gasteiger partial charge >= 0.3 is 5.97 Å². The second-order valence-corrected chi connectivity index (χ2v) is 17.2. The number of unbranched alkanes of at least 4 members (excludes halogenated alkanes) is 13. The Hall–Kier alpha value is -4.09. The Morgan fingerprint density at radius 3 is 1.03 bits per heavy atom. The molecule has 0 aromatic rings. The van der Waals surface area contributed by atoms with E-state index in [2.05, 4.69) is 40.1 Å². The summed E-state index contributed by atoms with van der Waals surface area (Å²) in [6, 6.07) is -1.13. The molecule has 5 amide bonds. The molecule has 21 nitrogen and oxygen atoms in total. The first-order valence-corrected chi connectivity index (χ1v) is 25.7. The monoisotopic (exact) mass is 1020 g/mol. The molecule has 0 aliphatic rings. The molecular weight excluding hydrogens is 927 g/mol. The van der Waals surface area contributed by atoms with E-state index in [1.807, 2.05) is 0 Å². The zero-order valence-corrected chi connectivity index (χ0v) is 43.2. The number of nitrogens with one attached hydrogen (secondary N) is 5. The molecule has 0 aliphatic carbocycles. The average molecular weight is 1020 g/mol. The predicted octanol–water partition coefficient (Wildman–Crippen LogP) is 3.34. The molecule has 71 heavy (non-hydrogen) atoms. The summed E-state index contributed by atoms with van der Waals surface area (Å²) in [6.45, 7) is 11.0. The molecule has 0 saturated carbocycles. The fourth-order valence-electron chi connectivity index (χ4n) is 6.52. The van der Waals surface area contributed by atoms with E-state index in [9.17, 15) is 38.7 Å². The number of rotatable bonds is 54. The van der Waals surface area contributed by atoms with Crippen molar-refractivity contribution in [2.24, 2.45) is 0 Å². The predicted molar refractivity (Wildman–Crippen MR) is 267 cm³/mol. The zero-order chi connectivity index (χ0) is 52.3. The minimum atomic E-state index is -1.17. The van der Waals surface area contributed by atoms with Crippen molar-refractivity contribution in [3.05, 3.63) is 12.2 Å². The molecule has 21 heteroatoms. The van der Waals surface area contributed by atoms with E-state index in [0.717, 1.165) is 25.7 Å². The smallest absolute Gasteiger partial charge is 0.326 e. The van der Waals surface area contributed by atoms with Crippen molar-refractivity contribution in [3.63, 3.8) is 0 Å². The normalized spacial score (nSPS) is 11.5. The molecule has 0 rings (SSSR count). The Morgan fingerprint density at radius 2 is 0.690 bits per heavy atom. The maximum Gasteiger partial charge on any atom is 0.326 e. The first kappa shape index (κ1) is 66.9. The van der Waals surface area contributed by atoms with Crippen molar-refractivity contribution in [1.82, 2.24) is 26.6 Å². The van der Waals surface area contributed by atoms with Gasteiger partial charge in [0, 0.05) is 39.0 Å². The molecule has 1 unspecified atom stereocenters. The summed E-state index contributed by atoms with van der Waals surface area (Å²) < 4.78 is 42.3. The highest BCUT2D eigenvalue weighted by molar-refractivity contribution is 5.84. The van der Waals surface area contributed by atoms with E-state index in [-0.39, 0.29) is 160 Å². The molecule has 0 spiro atoms. The van der Waals surface area contributed by atoms with Crippen LogP contribution < -0.4 is 26.6 Å². The minimum absolute atomic E-state index is 0.0200. The number of carbonyl (C=O) groups excluding carboxylic acids is 6. The summed E-state index contributed by atoms with van der Waals surface area (Å²) in [6.07, 6.45) is 18.1. The van der Waals surface area contributed by atoms with Crippen LogP contribution in [0.3, 0.4) is 0 Å². The number of Topliss-reactive ketones (excluding diaryl/α,β-unsaturated/α-hetero) is 1. The number of amides is 5. The number of hydrogen-bond donors (Lipinski definition) is 6. The Bertz CT molecular complexity index is 1410. The van der Waals surface area contributed by atoms with Gasteiger partial charge in [0.2, 0.25) is 29.5 Å². The lowest BCUT2D eigenvalue weighted by molar-refractivity contribution is -0.142. The van der Waals surface area contributed by atoms with Crippen LogP contribution in [0.4, 0.5) is 0 Å². The van der Waals surface area contributed by atoms with Gasteiger partial charge in [-0.1, -0.05) is 82.6 Å². The van der Waals surface area contributed by atoms with Gasteiger partial charge in [0.05, 0.1) is 79.3 Å². The van der Waals surface area contributed by atoms with Crippen LogP contribution >= 0.6 is 0 Å². The van der Waals surface area contributed by atoms with Crippen LogP contribution in [0, 0.1) is 0 Å². The molecule has 0 radical (unpaired) electrons. The third-order valence-electron chi connectivity index (χ3n) is 10.3. The maximum atomic E-state index is 12.4.